The molecule has 2 saturated heterocycles. The van der Waals surface area contributed by atoms with Crippen molar-refractivity contribution >= 4 is 28.8 Å². The Labute approximate surface area is 189 Å². The van der Waals surface area contributed by atoms with Crippen LogP contribution >= 0.6 is 11.6 Å². The molecular weight excluding hydrogens is 434 g/mol. The summed E-state index contributed by atoms with van der Waals surface area (Å²) in [5.74, 6) is 0.674. The number of nitrogens with one attached hydrogen (secondary N) is 1. The Kier molecular flexibility index (Phi) is 5.79. The number of carbonyl (C=O) groups is 1. The van der Waals surface area contributed by atoms with E-state index in [4.69, 9.17) is 21.3 Å². The Hall–Kier alpha value is -2.98. The third kappa shape index (κ3) is 4.07. The molecule has 0 radical (unpaired) electrons. The first kappa shape index (κ1) is 20.9. The van der Waals surface area contributed by atoms with Crippen LogP contribution in [0.25, 0.3) is 11.2 Å². The molecule has 2 amide bonds. The first-order valence-electron chi connectivity index (χ1n) is 10.8. The molecule has 1 N–H and O–H groups in total. The number of halogens is 1. The van der Waals surface area contributed by atoms with Gasteiger partial charge in [-0.05, 0) is 24.5 Å². The minimum absolute atomic E-state index is 0.0597. The number of morpholine rings is 1. The lowest BCUT2D eigenvalue weighted by Crippen LogP contribution is -2.50. The van der Waals surface area contributed by atoms with Crippen LogP contribution < -0.4 is 5.56 Å². The molecule has 0 spiro atoms. The standard InChI is InChI=1S/C21H24ClN7O3/c22-16-4-2-1-3-15(16)13-29-19-17(25-26-29)20(30)24-18(23-19)14-5-7-27(8-6-14)21(31)28-9-11-32-12-10-28/h1-4,14H,5-13H2,(H,23,24,30). The summed E-state index contributed by atoms with van der Waals surface area (Å²) in [5.41, 5.74) is 1.22. The third-order valence-corrected chi connectivity index (χ3v) is 6.47. The summed E-state index contributed by atoms with van der Waals surface area (Å²) < 4.78 is 6.93. The van der Waals surface area contributed by atoms with Crippen molar-refractivity contribution in [3.63, 3.8) is 0 Å². The Balaban J connectivity index is 1.33. The molecule has 4 heterocycles. The van der Waals surface area contributed by atoms with E-state index in [1.165, 1.54) is 0 Å². The van der Waals surface area contributed by atoms with Crippen LogP contribution in [0.15, 0.2) is 29.1 Å². The Bertz CT molecular complexity index is 1180. The first-order valence-corrected chi connectivity index (χ1v) is 11.2. The quantitative estimate of drug-likeness (QED) is 0.642. The molecule has 2 aliphatic heterocycles. The van der Waals surface area contributed by atoms with Crippen LogP contribution in [0.1, 0.15) is 30.1 Å². The van der Waals surface area contributed by atoms with E-state index in [-0.39, 0.29) is 23.0 Å². The van der Waals surface area contributed by atoms with Gasteiger partial charge in [0.05, 0.1) is 19.8 Å². The number of hydrogen-bond acceptors (Lipinski definition) is 6. The maximum absolute atomic E-state index is 12.7. The molecule has 10 nitrogen and oxygen atoms in total. The molecule has 168 valence electrons. The van der Waals surface area contributed by atoms with E-state index in [9.17, 15) is 9.59 Å². The number of aromatic amines is 1. The smallest absolute Gasteiger partial charge is 0.320 e. The zero-order valence-corrected chi connectivity index (χ0v) is 18.3. The molecule has 0 unspecified atom stereocenters. The summed E-state index contributed by atoms with van der Waals surface area (Å²) in [5, 5.41) is 8.76. The molecule has 0 bridgehead atoms. The van der Waals surface area contributed by atoms with Crippen LogP contribution in [0.2, 0.25) is 5.02 Å². The minimum atomic E-state index is -0.303. The highest BCUT2D eigenvalue weighted by Gasteiger charge is 2.29. The van der Waals surface area contributed by atoms with Gasteiger partial charge in [0.15, 0.2) is 11.2 Å². The molecule has 0 saturated carbocycles. The van der Waals surface area contributed by atoms with Crippen molar-refractivity contribution in [3.8, 4) is 0 Å². The molecular formula is C21H24ClN7O3. The van der Waals surface area contributed by atoms with Crippen LogP contribution in [-0.4, -0.2) is 80.2 Å². The highest BCUT2D eigenvalue weighted by molar-refractivity contribution is 6.31. The molecule has 0 atom stereocenters. The zero-order valence-electron chi connectivity index (χ0n) is 17.5. The van der Waals surface area contributed by atoms with E-state index >= 15 is 0 Å². The van der Waals surface area contributed by atoms with Gasteiger partial charge in [-0.15, -0.1) is 5.10 Å². The second-order valence-corrected chi connectivity index (χ2v) is 8.51. The van der Waals surface area contributed by atoms with Gasteiger partial charge >= 0.3 is 6.03 Å². The summed E-state index contributed by atoms with van der Waals surface area (Å²) >= 11 is 6.28. The average molecular weight is 458 g/mol. The topological polar surface area (TPSA) is 109 Å². The SMILES string of the molecule is O=C(N1CCOCC1)N1CCC(c2nc3c(nnn3Cc3ccccc3Cl)c(=O)[nH]2)CC1. The van der Waals surface area contributed by atoms with E-state index in [1.54, 1.807) is 4.68 Å². The van der Waals surface area contributed by atoms with Crippen molar-refractivity contribution in [1.82, 2.24) is 34.8 Å². The van der Waals surface area contributed by atoms with Crippen LogP contribution in [0.4, 0.5) is 4.79 Å². The number of hydrogen-bond donors (Lipinski definition) is 1. The van der Waals surface area contributed by atoms with Gasteiger partial charge in [-0.3, -0.25) is 4.79 Å². The van der Waals surface area contributed by atoms with Gasteiger partial charge in [0.2, 0.25) is 0 Å². The summed E-state index contributed by atoms with van der Waals surface area (Å²) in [7, 11) is 0. The third-order valence-electron chi connectivity index (χ3n) is 6.10. The fourth-order valence-electron chi connectivity index (χ4n) is 4.27. The second kappa shape index (κ2) is 8.87. The van der Waals surface area contributed by atoms with Gasteiger partial charge in [-0.2, -0.15) is 0 Å². The molecule has 0 aliphatic carbocycles. The van der Waals surface area contributed by atoms with Gasteiger partial charge in [0.1, 0.15) is 5.82 Å². The number of amides is 2. The summed E-state index contributed by atoms with van der Waals surface area (Å²) in [6.07, 6.45) is 1.47. The van der Waals surface area contributed by atoms with Crippen molar-refractivity contribution in [2.24, 2.45) is 0 Å². The highest BCUT2D eigenvalue weighted by atomic mass is 35.5. The molecule has 2 fully saturated rings. The van der Waals surface area contributed by atoms with Crippen LogP contribution in [0, 0.1) is 0 Å². The number of ether oxygens (including phenoxy) is 1. The Morgan fingerprint density at radius 3 is 2.59 bits per heavy atom. The van der Waals surface area contributed by atoms with Gasteiger partial charge in [-0.1, -0.05) is 35.0 Å². The largest absolute Gasteiger partial charge is 0.378 e. The molecule has 5 rings (SSSR count). The number of H-pyrrole nitrogens is 1. The van der Waals surface area contributed by atoms with Gasteiger partial charge in [-0.25, -0.2) is 14.5 Å². The van der Waals surface area contributed by atoms with Crippen molar-refractivity contribution in [3.05, 3.63) is 51.0 Å². The Morgan fingerprint density at radius 1 is 1.12 bits per heavy atom. The maximum Gasteiger partial charge on any atom is 0.320 e. The van der Waals surface area contributed by atoms with Crippen LogP contribution in [-0.2, 0) is 11.3 Å². The Morgan fingerprint density at radius 2 is 1.84 bits per heavy atom. The second-order valence-electron chi connectivity index (χ2n) is 8.11. The number of benzene rings is 1. The molecule has 1 aromatic carbocycles. The van der Waals surface area contributed by atoms with E-state index in [1.807, 2.05) is 34.1 Å². The maximum atomic E-state index is 12.7. The van der Waals surface area contributed by atoms with Crippen molar-refractivity contribution in [2.75, 3.05) is 39.4 Å². The predicted octanol–water partition coefficient (Wildman–Crippen LogP) is 1.85. The van der Waals surface area contributed by atoms with Crippen molar-refractivity contribution in [1.29, 1.82) is 0 Å². The van der Waals surface area contributed by atoms with Crippen molar-refractivity contribution in [2.45, 2.75) is 25.3 Å². The molecule has 11 heteroatoms. The van der Waals surface area contributed by atoms with E-state index in [0.717, 1.165) is 18.4 Å². The molecule has 2 aromatic heterocycles. The first-order chi connectivity index (χ1) is 15.6. The van der Waals surface area contributed by atoms with Crippen molar-refractivity contribution < 1.29 is 9.53 Å². The number of carbonyl (C=O) groups excluding carboxylic acids is 1. The lowest BCUT2D eigenvalue weighted by atomic mass is 9.96. The van der Waals surface area contributed by atoms with E-state index in [0.29, 0.717) is 62.4 Å². The summed E-state index contributed by atoms with van der Waals surface area (Å²) in [4.78, 5) is 36.7. The minimum Gasteiger partial charge on any atom is -0.378 e. The normalized spacial score (nSPS) is 17.8. The molecule has 2 aliphatic rings. The van der Waals surface area contributed by atoms with Gasteiger partial charge in [0.25, 0.3) is 5.56 Å². The fourth-order valence-corrected chi connectivity index (χ4v) is 4.47. The number of nitrogens with zero attached hydrogens (tertiary/aromatic N) is 6. The fraction of sp³-hybridized carbons (Fsp3) is 0.476. The average Bonchev–Trinajstić information content (AvgIpc) is 3.24. The molecule has 32 heavy (non-hydrogen) atoms. The van der Waals surface area contributed by atoms with Crippen LogP contribution in [0.5, 0.6) is 0 Å². The number of piperidine rings is 1. The van der Waals surface area contributed by atoms with Gasteiger partial charge < -0.3 is 19.5 Å². The number of urea groups is 1. The van der Waals surface area contributed by atoms with Crippen LogP contribution in [0.3, 0.4) is 0 Å². The molecule has 3 aromatic rings. The highest BCUT2D eigenvalue weighted by Crippen LogP contribution is 2.26. The van der Waals surface area contributed by atoms with E-state index in [2.05, 4.69) is 15.3 Å². The monoisotopic (exact) mass is 457 g/mol. The lowest BCUT2D eigenvalue weighted by molar-refractivity contribution is 0.0410. The van der Waals surface area contributed by atoms with Gasteiger partial charge in [0, 0.05) is 37.1 Å². The summed E-state index contributed by atoms with van der Waals surface area (Å²) in [6.45, 7) is 4.06. The summed E-state index contributed by atoms with van der Waals surface area (Å²) in [6, 6.07) is 7.55. The number of rotatable bonds is 3. The number of aromatic nitrogens is 5. The van der Waals surface area contributed by atoms with E-state index < -0.39 is 0 Å². The predicted molar refractivity (Wildman–Crippen MR) is 118 cm³/mol. The number of fused-ring (bicyclic) bond motifs is 1. The zero-order chi connectivity index (χ0) is 22.1. The number of likely N-dealkylation sites (tertiary alicyclic amines) is 1. The lowest BCUT2D eigenvalue weighted by Gasteiger charge is -2.36.